The molecule has 0 aliphatic carbocycles. The topological polar surface area (TPSA) is 49.4 Å². The molecule has 0 radical (unpaired) electrons. The fourth-order valence-electron chi connectivity index (χ4n) is 2.07. The summed E-state index contributed by atoms with van der Waals surface area (Å²) in [6, 6.07) is 9.99. The van der Waals surface area contributed by atoms with Crippen molar-refractivity contribution in [2.75, 3.05) is 18.4 Å². The van der Waals surface area contributed by atoms with Gasteiger partial charge in [0.15, 0.2) is 0 Å². The molecule has 0 unspecified atom stereocenters. The molecule has 2 aromatic carbocycles. The highest BCUT2D eigenvalue weighted by molar-refractivity contribution is 9.10. The molecule has 0 aliphatic rings. The summed E-state index contributed by atoms with van der Waals surface area (Å²) >= 11 is 3.28. The number of nitrogens with one attached hydrogen (secondary N) is 1. The van der Waals surface area contributed by atoms with E-state index in [9.17, 15) is 18.4 Å². The number of anilines is 1. The van der Waals surface area contributed by atoms with Crippen LogP contribution in [0.2, 0.25) is 0 Å². The molecule has 0 heterocycles. The first kappa shape index (κ1) is 18.1. The number of rotatable bonds is 5. The Hall–Kier alpha value is -2.28. The molecule has 0 aromatic heterocycles. The molecule has 0 aliphatic heterocycles. The van der Waals surface area contributed by atoms with Gasteiger partial charge in [-0.15, -0.1) is 0 Å². The Morgan fingerprint density at radius 3 is 2.21 bits per heavy atom. The molecule has 0 bridgehead atoms. The second-order valence-electron chi connectivity index (χ2n) is 4.97. The van der Waals surface area contributed by atoms with Gasteiger partial charge in [-0.2, -0.15) is 0 Å². The zero-order valence-corrected chi connectivity index (χ0v) is 14.4. The molecular weight excluding hydrogens is 382 g/mol. The van der Waals surface area contributed by atoms with Crippen LogP contribution in [-0.4, -0.2) is 29.8 Å². The Kier molecular flexibility index (Phi) is 6.03. The summed E-state index contributed by atoms with van der Waals surface area (Å²) in [5.41, 5.74) is -0.0976. The van der Waals surface area contributed by atoms with E-state index in [1.807, 2.05) is 0 Å². The lowest BCUT2D eigenvalue weighted by molar-refractivity contribution is -0.116. The highest BCUT2D eigenvalue weighted by Gasteiger charge is 2.19. The zero-order valence-electron chi connectivity index (χ0n) is 12.9. The molecule has 0 atom stereocenters. The number of benzene rings is 2. The van der Waals surface area contributed by atoms with Crippen LogP contribution in [0.3, 0.4) is 0 Å². The third kappa shape index (κ3) is 4.38. The van der Waals surface area contributed by atoms with Crippen molar-refractivity contribution in [1.29, 1.82) is 0 Å². The molecule has 2 aromatic rings. The van der Waals surface area contributed by atoms with E-state index >= 15 is 0 Å². The Bertz CT molecular complexity index is 731. The highest BCUT2D eigenvalue weighted by atomic mass is 79.9. The standard InChI is InChI=1S/C17H15BrF2N2O2/c1-2-22(17(24)11-6-8-12(18)9-7-11)10-15(23)21-16-13(19)4-3-5-14(16)20/h3-9H,2,10H2,1H3,(H,21,23). The van der Waals surface area contributed by atoms with Crippen LogP contribution < -0.4 is 5.32 Å². The molecule has 0 saturated carbocycles. The number of halogens is 3. The van der Waals surface area contributed by atoms with E-state index in [4.69, 9.17) is 0 Å². The molecular formula is C17H15BrF2N2O2. The van der Waals surface area contributed by atoms with E-state index in [1.54, 1.807) is 31.2 Å². The molecule has 7 heteroatoms. The first-order valence-electron chi connectivity index (χ1n) is 7.21. The average Bonchev–Trinajstić information content (AvgIpc) is 2.56. The Labute approximate surface area is 146 Å². The van der Waals surface area contributed by atoms with Gasteiger partial charge >= 0.3 is 0 Å². The smallest absolute Gasteiger partial charge is 0.254 e. The summed E-state index contributed by atoms with van der Waals surface area (Å²) in [7, 11) is 0. The number of carbonyl (C=O) groups is 2. The average molecular weight is 397 g/mol. The molecule has 2 amide bonds. The number of carbonyl (C=O) groups excluding carboxylic acids is 2. The minimum Gasteiger partial charge on any atom is -0.330 e. The number of likely N-dealkylation sites (N-methyl/N-ethyl adjacent to an activating group) is 1. The maximum Gasteiger partial charge on any atom is 0.254 e. The molecule has 0 saturated heterocycles. The van der Waals surface area contributed by atoms with Crippen molar-refractivity contribution in [2.24, 2.45) is 0 Å². The lowest BCUT2D eigenvalue weighted by Crippen LogP contribution is -2.38. The van der Waals surface area contributed by atoms with Crippen LogP contribution in [0.1, 0.15) is 17.3 Å². The minimum absolute atomic E-state index is 0.280. The second-order valence-corrected chi connectivity index (χ2v) is 5.89. The monoisotopic (exact) mass is 396 g/mol. The minimum atomic E-state index is -0.870. The number of hydrogen-bond donors (Lipinski definition) is 1. The first-order valence-corrected chi connectivity index (χ1v) is 8.00. The van der Waals surface area contributed by atoms with Crippen molar-refractivity contribution in [1.82, 2.24) is 4.90 Å². The fraction of sp³-hybridized carbons (Fsp3) is 0.176. The largest absolute Gasteiger partial charge is 0.330 e. The third-order valence-electron chi connectivity index (χ3n) is 3.32. The molecule has 1 N–H and O–H groups in total. The van der Waals surface area contributed by atoms with Gasteiger partial charge < -0.3 is 10.2 Å². The van der Waals surface area contributed by atoms with Gasteiger partial charge in [0.2, 0.25) is 5.91 Å². The first-order chi connectivity index (χ1) is 11.4. The van der Waals surface area contributed by atoms with Crippen molar-refractivity contribution in [2.45, 2.75) is 6.92 Å². The summed E-state index contributed by atoms with van der Waals surface area (Å²) < 4.78 is 27.9. The number of nitrogens with zero attached hydrogens (tertiary/aromatic N) is 1. The Balaban J connectivity index is 2.08. The zero-order chi connectivity index (χ0) is 17.7. The molecule has 2 rings (SSSR count). The second kappa shape index (κ2) is 8.01. The van der Waals surface area contributed by atoms with Gasteiger partial charge in [-0.25, -0.2) is 8.78 Å². The Morgan fingerprint density at radius 2 is 1.67 bits per heavy atom. The van der Waals surface area contributed by atoms with Crippen LogP contribution in [0.5, 0.6) is 0 Å². The summed E-state index contributed by atoms with van der Waals surface area (Å²) in [5, 5.41) is 2.17. The van der Waals surface area contributed by atoms with Gasteiger partial charge in [-0.05, 0) is 43.3 Å². The van der Waals surface area contributed by atoms with Gasteiger partial charge in [0.25, 0.3) is 5.91 Å². The van der Waals surface area contributed by atoms with Gasteiger partial charge in [-0.3, -0.25) is 9.59 Å². The lowest BCUT2D eigenvalue weighted by Gasteiger charge is -2.20. The number of hydrogen-bond acceptors (Lipinski definition) is 2. The predicted octanol–water partition coefficient (Wildman–Crippen LogP) is 3.83. The molecule has 126 valence electrons. The molecule has 4 nitrogen and oxygen atoms in total. The van der Waals surface area contributed by atoms with E-state index in [0.29, 0.717) is 5.56 Å². The normalized spacial score (nSPS) is 10.3. The van der Waals surface area contributed by atoms with Crippen LogP contribution in [-0.2, 0) is 4.79 Å². The SMILES string of the molecule is CCN(CC(=O)Nc1c(F)cccc1F)C(=O)c1ccc(Br)cc1. The van der Waals surface area contributed by atoms with E-state index < -0.39 is 23.2 Å². The number of para-hydroxylation sites is 1. The van der Waals surface area contributed by atoms with Crippen LogP contribution >= 0.6 is 15.9 Å². The maximum absolute atomic E-state index is 13.6. The summed E-state index contributed by atoms with van der Waals surface area (Å²) in [4.78, 5) is 25.7. The summed E-state index contributed by atoms with van der Waals surface area (Å²) in [6.45, 7) is 1.69. The van der Waals surface area contributed by atoms with E-state index in [2.05, 4.69) is 21.2 Å². The van der Waals surface area contributed by atoms with Gasteiger partial charge in [0, 0.05) is 16.6 Å². The van der Waals surface area contributed by atoms with E-state index in [0.717, 1.165) is 16.6 Å². The fourth-order valence-corrected chi connectivity index (χ4v) is 2.34. The summed E-state index contributed by atoms with van der Waals surface area (Å²) in [5.74, 6) is -2.75. The lowest BCUT2D eigenvalue weighted by atomic mass is 10.2. The molecule has 24 heavy (non-hydrogen) atoms. The molecule has 0 spiro atoms. The maximum atomic E-state index is 13.6. The van der Waals surface area contributed by atoms with Crippen LogP contribution in [0, 0.1) is 11.6 Å². The number of amides is 2. The van der Waals surface area contributed by atoms with E-state index in [-0.39, 0.29) is 19.0 Å². The third-order valence-corrected chi connectivity index (χ3v) is 3.85. The van der Waals surface area contributed by atoms with Crippen molar-refractivity contribution < 1.29 is 18.4 Å². The van der Waals surface area contributed by atoms with Gasteiger partial charge in [0.1, 0.15) is 23.9 Å². The van der Waals surface area contributed by atoms with Gasteiger partial charge in [-0.1, -0.05) is 22.0 Å². The van der Waals surface area contributed by atoms with Crippen molar-refractivity contribution in [3.8, 4) is 0 Å². The molecule has 0 fully saturated rings. The van der Waals surface area contributed by atoms with Crippen LogP contribution in [0.25, 0.3) is 0 Å². The van der Waals surface area contributed by atoms with Gasteiger partial charge in [0.05, 0.1) is 0 Å². The quantitative estimate of drug-likeness (QED) is 0.834. The summed E-state index contributed by atoms with van der Waals surface area (Å²) in [6.07, 6.45) is 0. The van der Waals surface area contributed by atoms with Crippen molar-refractivity contribution in [3.63, 3.8) is 0 Å². The Morgan fingerprint density at radius 1 is 1.08 bits per heavy atom. The highest BCUT2D eigenvalue weighted by Crippen LogP contribution is 2.18. The van der Waals surface area contributed by atoms with Crippen LogP contribution in [0.15, 0.2) is 46.9 Å². The predicted molar refractivity (Wildman–Crippen MR) is 90.7 cm³/mol. The van der Waals surface area contributed by atoms with Crippen LogP contribution in [0.4, 0.5) is 14.5 Å². The van der Waals surface area contributed by atoms with E-state index in [1.165, 1.54) is 11.0 Å². The van der Waals surface area contributed by atoms with Crippen molar-refractivity contribution >= 4 is 33.4 Å². The van der Waals surface area contributed by atoms with Crippen molar-refractivity contribution in [3.05, 3.63) is 64.1 Å².